The van der Waals surface area contributed by atoms with Gasteiger partial charge in [-0.2, -0.15) is 0 Å². The lowest BCUT2D eigenvalue weighted by atomic mass is 10.2. The monoisotopic (exact) mass is 348 g/mol. The molecule has 24 heavy (non-hydrogen) atoms. The lowest BCUT2D eigenvalue weighted by molar-refractivity contribution is 0.0526. The Labute approximate surface area is 144 Å². The first-order valence-electron chi connectivity index (χ1n) is 7.29. The molecular weight excluding hydrogens is 332 g/mol. The van der Waals surface area contributed by atoms with Crippen LogP contribution >= 0.6 is 11.6 Å². The summed E-state index contributed by atoms with van der Waals surface area (Å²) in [6.45, 7) is 2.06. The fourth-order valence-electron chi connectivity index (χ4n) is 1.80. The van der Waals surface area contributed by atoms with Crippen molar-refractivity contribution in [3.63, 3.8) is 0 Å². The van der Waals surface area contributed by atoms with E-state index < -0.39 is 12.0 Å². The molecule has 2 amide bonds. The van der Waals surface area contributed by atoms with E-state index in [0.29, 0.717) is 28.6 Å². The van der Waals surface area contributed by atoms with E-state index in [1.54, 1.807) is 55.5 Å². The Balaban J connectivity index is 1.77. The molecule has 0 aromatic heterocycles. The lowest BCUT2D eigenvalue weighted by Gasteiger charge is -2.10. The number of urea groups is 1. The van der Waals surface area contributed by atoms with Gasteiger partial charge in [0.15, 0.2) is 6.73 Å². The molecule has 2 N–H and O–H groups in total. The molecule has 7 heteroatoms. The Kier molecular flexibility index (Phi) is 6.45. The molecule has 0 atom stereocenters. The first kappa shape index (κ1) is 17.6. The summed E-state index contributed by atoms with van der Waals surface area (Å²) in [6, 6.07) is 12.8. The lowest BCUT2D eigenvalue weighted by Crippen LogP contribution is -2.32. The van der Waals surface area contributed by atoms with Crippen molar-refractivity contribution in [2.24, 2.45) is 0 Å². The average molecular weight is 349 g/mol. The number of hydrogen-bond donors (Lipinski definition) is 2. The van der Waals surface area contributed by atoms with Crippen molar-refractivity contribution in [3.8, 4) is 5.75 Å². The maximum atomic E-state index is 11.8. The molecule has 0 spiro atoms. The normalized spacial score (nSPS) is 9.92. The number of hydrogen-bond acceptors (Lipinski definition) is 4. The third kappa shape index (κ3) is 5.48. The van der Waals surface area contributed by atoms with E-state index in [-0.39, 0.29) is 6.73 Å². The molecule has 2 aromatic carbocycles. The minimum atomic E-state index is -0.423. The van der Waals surface area contributed by atoms with E-state index in [0.717, 1.165) is 0 Å². The van der Waals surface area contributed by atoms with E-state index in [4.69, 9.17) is 21.1 Å². The summed E-state index contributed by atoms with van der Waals surface area (Å²) in [5, 5.41) is 5.80. The fraction of sp³-hybridized carbons (Fsp3) is 0.176. The van der Waals surface area contributed by atoms with Gasteiger partial charge in [0.1, 0.15) is 5.75 Å². The van der Waals surface area contributed by atoms with E-state index in [1.165, 1.54) is 0 Å². The number of ether oxygens (including phenoxy) is 2. The molecule has 0 aliphatic carbocycles. The Morgan fingerprint density at radius 2 is 1.71 bits per heavy atom. The zero-order valence-electron chi connectivity index (χ0n) is 13.0. The topological polar surface area (TPSA) is 76.7 Å². The number of anilines is 1. The third-order valence-electron chi connectivity index (χ3n) is 2.94. The van der Waals surface area contributed by atoms with Crippen LogP contribution in [0.5, 0.6) is 5.75 Å². The van der Waals surface area contributed by atoms with Crippen LogP contribution in [-0.4, -0.2) is 25.3 Å². The van der Waals surface area contributed by atoms with Crippen LogP contribution in [0, 0.1) is 0 Å². The third-order valence-corrected chi connectivity index (χ3v) is 3.19. The van der Waals surface area contributed by atoms with Crippen LogP contribution in [0.15, 0.2) is 48.5 Å². The van der Waals surface area contributed by atoms with Gasteiger partial charge in [0.25, 0.3) is 0 Å². The van der Waals surface area contributed by atoms with Crippen LogP contribution < -0.4 is 15.4 Å². The Hall–Kier alpha value is -2.73. The number of rotatable bonds is 6. The van der Waals surface area contributed by atoms with E-state index >= 15 is 0 Å². The molecule has 126 valence electrons. The van der Waals surface area contributed by atoms with Gasteiger partial charge in [0.05, 0.1) is 12.2 Å². The second-order valence-electron chi connectivity index (χ2n) is 4.67. The van der Waals surface area contributed by atoms with Crippen LogP contribution in [0.4, 0.5) is 10.5 Å². The number of carbonyl (C=O) groups excluding carboxylic acids is 2. The maximum Gasteiger partial charge on any atom is 0.338 e. The van der Waals surface area contributed by atoms with Crippen molar-refractivity contribution in [2.45, 2.75) is 6.92 Å². The van der Waals surface area contributed by atoms with Gasteiger partial charge in [-0.25, -0.2) is 9.59 Å². The number of benzene rings is 2. The van der Waals surface area contributed by atoms with Gasteiger partial charge in [-0.1, -0.05) is 11.6 Å². The highest BCUT2D eigenvalue weighted by Gasteiger charge is 2.07. The van der Waals surface area contributed by atoms with Crippen LogP contribution in [0.3, 0.4) is 0 Å². The molecule has 2 rings (SSSR count). The van der Waals surface area contributed by atoms with Crippen LogP contribution in [0.2, 0.25) is 5.02 Å². The van der Waals surface area contributed by atoms with Crippen LogP contribution in [0.25, 0.3) is 0 Å². The molecule has 0 radical (unpaired) electrons. The summed E-state index contributed by atoms with van der Waals surface area (Å²) < 4.78 is 10.2. The fourth-order valence-corrected chi connectivity index (χ4v) is 1.92. The van der Waals surface area contributed by atoms with Gasteiger partial charge >= 0.3 is 12.0 Å². The van der Waals surface area contributed by atoms with Crippen molar-refractivity contribution in [1.29, 1.82) is 0 Å². The molecular formula is C17H17ClN2O4. The molecule has 6 nitrogen and oxygen atoms in total. The van der Waals surface area contributed by atoms with Gasteiger partial charge in [-0.05, 0) is 55.5 Å². The molecule has 0 aliphatic heterocycles. The van der Waals surface area contributed by atoms with Crippen molar-refractivity contribution < 1.29 is 19.1 Å². The number of carbonyl (C=O) groups is 2. The first-order chi connectivity index (χ1) is 11.6. The molecule has 0 unspecified atom stereocenters. The zero-order valence-corrected chi connectivity index (χ0v) is 13.8. The molecule has 0 saturated carbocycles. The summed E-state index contributed by atoms with van der Waals surface area (Å²) >= 11 is 5.77. The van der Waals surface area contributed by atoms with Gasteiger partial charge in [-0.15, -0.1) is 0 Å². The highest BCUT2D eigenvalue weighted by molar-refractivity contribution is 6.30. The number of nitrogens with one attached hydrogen (secondary N) is 2. The van der Waals surface area contributed by atoms with Gasteiger partial charge in [0, 0.05) is 10.7 Å². The highest BCUT2D eigenvalue weighted by atomic mass is 35.5. The van der Waals surface area contributed by atoms with Crippen LogP contribution in [0.1, 0.15) is 17.3 Å². The van der Waals surface area contributed by atoms with Crippen molar-refractivity contribution in [3.05, 3.63) is 59.1 Å². The quantitative estimate of drug-likeness (QED) is 0.616. The minimum absolute atomic E-state index is 0.00831. The summed E-state index contributed by atoms with van der Waals surface area (Å²) in [5.74, 6) is 0.198. The summed E-state index contributed by atoms with van der Waals surface area (Å²) in [5.41, 5.74) is 0.973. The standard InChI is InChI=1S/C17H17ClN2O4/c1-2-23-16(21)12-3-7-14(8-4-12)20-17(22)19-11-24-15-9-5-13(18)6-10-15/h3-10H,2,11H2,1H3,(H2,19,20,22). The van der Waals surface area contributed by atoms with E-state index in [9.17, 15) is 9.59 Å². The number of amides is 2. The second kappa shape index (κ2) is 8.79. The SMILES string of the molecule is CCOC(=O)c1ccc(NC(=O)NCOc2ccc(Cl)cc2)cc1. The van der Waals surface area contributed by atoms with Crippen molar-refractivity contribution in [1.82, 2.24) is 5.32 Å². The minimum Gasteiger partial charge on any atom is -0.473 e. The largest absolute Gasteiger partial charge is 0.473 e. The maximum absolute atomic E-state index is 11.8. The highest BCUT2D eigenvalue weighted by Crippen LogP contribution is 2.15. The molecule has 0 saturated heterocycles. The van der Waals surface area contributed by atoms with Gasteiger partial charge < -0.3 is 20.1 Å². The van der Waals surface area contributed by atoms with Gasteiger partial charge in [0.2, 0.25) is 0 Å². The Morgan fingerprint density at radius 1 is 1.04 bits per heavy atom. The van der Waals surface area contributed by atoms with E-state index in [1.807, 2.05) is 0 Å². The predicted octanol–water partition coefficient (Wildman–Crippen LogP) is 3.67. The molecule has 2 aromatic rings. The number of esters is 1. The Morgan fingerprint density at radius 3 is 2.33 bits per heavy atom. The van der Waals surface area contributed by atoms with Gasteiger partial charge in [-0.3, -0.25) is 0 Å². The molecule has 0 heterocycles. The molecule has 0 fully saturated rings. The smallest absolute Gasteiger partial charge is 0.338 e. The second-order valence-corrected chi connectivity index (χ2v) is 5.11. The average Bonchev–Trinajstić information content (AvgIpc) is 2.57. The van der Waals surface area contributed by atoms with E-state index in [2.05, 4.69) is 10.6 Å². The summed E-state index contributed by atoms with van der Waals surface area (Å²) in [4.78, 5) is 23.3. The predicted molar refractivity (Wildman–Crippen MR) is 91.5 cm³/mol. The summed E-state index contributed by atoms with van der Waals surface area (Å²) in [7, 11) is 0. The Bertz CT molecular complexity index is 687. The molecule has 0 aliphatic rings. The number of halogens is 1. The van der Waals surface area contributed by atoms with Crippen molar-refractivity contribution in [2.75, 3.05) is 18.7 Å². The first-order valence-corrected chi connectivity index (χ1v) is 7.66. The van der Waals surface area contributed by atoms with Crippen molar-refractivity contribution >= 4 is 29.3 Å². The molecule has 0 bridgehead atoms. The zero-order chi connectivity index (χ0) is 17.4. The summed E-state index contributed by atoms with van der Waals surface area (Å²) in [6.07, 6.45) is 0. The van der Waals surface area contributed by atoms with Crippen LogP contribution in [-0.2, 0) is 4.74 Å².